The van der Waals surface area contributed by atoms with Gasteiger partial charge in [-0.05, 0) is 54.6 Å². The molecule has 2 aromatic heterocycles. The molecule has 0 aliphatic rings. The van der Waals surface area contributed by atoms with Gasteiger partial charge < -0.3 is 9.47 Å². The first kappa shape index (κ1) is 24.2. The Morgan fingerprint density at radius 2 is 1.05 bits per heavy atom. The zero-order valence-corrected chi connectivity index (χ0v) is 24.1. The van der Waals surface area contributed by atoms with Gasteiger partial charge in [-0.25, -0.2) is 0 Å². The minimum Gasteiger partial charge on any atom is -0.310 e. The van der Waals surface area contributed by atoms with Crippen LogP contribution in [0.2, 0.25) is 0 Å². The molecule has 0 aliphatic heterocycles. The highest BCUT2D eigenvalue weighted by molar-refractivity contribution is 7.26. The molecule has 0 N–H and O–H groups in total. The number of anilines is 3. The topological polar surface area (TPSA) is 8.17 Å². The lowest BCUT2D eigenvalue weighted by molar-refractivity contribution is 1.18. The molecule has 3 heteroatoms. The van der Waals surface area contributed by atoms with E-state index < -0.39 is 0 Å². The van der Waals surface area contributed by atoms with Gasteiger partial charge in [0.2, 0.25) is 0 Å². The second-order valence-corrected chi connectivity index (χ2v) is 12.0. The fraction of sp³-hybridized carbons (Fsp3) is 0. The van der Waals surface area contributed by atoms with Gasteiger partial charge >= 0.3 is 0 Å². The highest BCUT2D eigenvalue weighted by Gasteiger charge is 2.19. The molecule has 2 heterocycles. The molecule has 7 aromatic carbocycles. The van der Waals surface area contributed by atoms with Gasteiger partial charge in [-0.15, -0.1) is 11.3 Å². The summed E-state index contributed by atoms with van der Waals surface area (Å²) < 4.78 is 5.06. The van der Waals surface area contributed by atoms with Crippen molar-refractivity contribution in [2.24, 2.45) is 0 Å². The average molecular weight is 567 g/mol. The third kappa shape index (κ3) is 3.72. The average Bonchev–Trinajstić information content (AvgIpc) is 3.62. The molecule has 0 spiro atoms. The van der Waals surface area contributed by atoms with E-state index in [0.29, 0.717) is 0 Å². The Balaban J connectivity index is 1.33. The van der Waals surface area contributed by atoms with E-state index in [-0.39, 0.29) is 0 Å². The molecular formula is C40H26N2S. The minimum absolute atomic E-state index is 1.13. The number of nitrogens with zero attached hydrogens (tertiary/aromatic N) is 2. The molecule has 0 atom stereocenters. The van der Waals surface area contributed by atoms with E-state index in [1.807, 2.05) is 11.3 Å². The Labute approximate surface area is 253 Å². The van der Waals surface area contributed by atoms with Crippen LogP contribution in [0, 0.1) is 0 Å². The summed E-state index contributed by atoms with van der Waals surface area (Å²) in [4.78, 5) is 2.41. The van der Waals surface area contributed by atoms with Crippen molar-refractivity contribution in [1.82, 2.24) is 4.57 Å². The lowest BCUT2D eigenvalue weighted by atomic mass is 10.0. The highest BCUT2D eigenvalue weighted by atomic mass is 32.1. The van der Waals surface area contributed by atoms with Crippen LogP contribution in [0.5, 0.6) is 0 Å². The second kappa shape index (κ2) is 9.59. The van der Waals surface area contributed by atoms with Crippen LogP contribution in [-0.4, -0.2) is 4.57 Å². The first-order chi connectivity index (χ1) is 21.3. The molecule has 43 heavy (non-hydrogen) atoms. The number of benzene rings is 7. The van der Waals surface area contributed by atoms with Gasteiger partial charge in [0.25, 0.3) is 0 Å². The number of hydrogen-bond donors (Lipinski definition) is 0. The largest absolute Gasteiger partial charge is 0.310 e. The van der Waals surface area contributed by atoms with Gasteiger partial charge in [-0.2, -0.15) is 0 Å². The van der Waals surface area contributed by atoms with Crippen LogP contribution < -0.4 is 4.90 Å². The molecule has 202 valence electrons. The van der Waals surface area contributed by atoms with Crippen LogP contribution in [-0.2, 0) is 0 Å². The Morgan fingerprint density at radius 3 is 1.91 bits per heavy atom. The van der Waals surface area contributed by atoms with E-state index in [1.165, 1.54) is 58.4 Å². The fourth-order valence-electron chi connectivity index (χ4n) is 6.68. The van der Waals surface area contributed by atoms with Crippen LogP contribution in [0.3, 0.4) is 0 Å². The maximum atomic E-state index is 2.41. The summed E-state index contributed by atoms with van der Waals surface area (Å²) in [5.41, 5.74) is 7.00. The fourth-order valence-corrected chi connectivity index (χ4v) is 7.91. The monoisotopic (exact) mass is 566 g/mol. The Morgan fingerprint density at radius 1 is 0.419 bits per heavy atom. The number of thiophene rings is 1. The van der Waals surface area contributed by atoms with Crippen molar-refractivity contribution in [3.8, 4) is 5.69 Å². The number of fused-ring (bicyclic) bond motifs is 8. The van der Waals surface area contributed by atoms with E-state index in [4.69, 9.17) is 0 Å². The van der Waals surface area contributed by atoms with Gasteiger partial charge in [-0.1, -0.05) is 103 Å². The molecule has 9 aromatic rings. The van der Waals surface area contributed by atoms with E-state index in [0.717, 1.165) is 17.1 Å². The number of aromatic nitrogens is 1. The standard InChI is InChI=1S/C40H26N2S/c1-3-12-27(13-4-1)41(36-20-11-18-34-32(36)24-25-35-33-17-8-10-21-39(33)43-40(34)35)29-22-23-31-30-16-7-9-19-37(30)42(38(31)26-29)28-14-5-2-6-15-28/h1-26H. The van der Waals surface area contributed by atoms with E-state index in [2.05, 4.69) is 167 Å². The predicted octanol–water partition coefficient (Wildman–Crippen LogP) is 11.8. The Hall–Kier alpha value is -5.38. The summed E-state index contributed by atoms with van der Waals surface area (Å²) in [7, 11) is 0. The highest BCUT2D eigenvalue weighted by Crippen LogP contribution is 2.45. The van der Waals surface area contributed by atoms with Gasteiger partial charge in [0, 0.05) is 58.8 Å². The summed E-state index contributed by atoms with van der Waals surface area (Å²) in [5, 5.41) is 7.70. The smallest absolute Gasteiger partial charge is 0.0561 e. The molecule has 0 saturated heterocycles. The molecule has 0 amide bonds. The SMILES string of the molecule is c1ccc(N(c2ccc3c4ccccc4n(-c4ccccc4)c3c2)c2cccc3c2ccc2c4ccccc4sc32)cc1. The maximum Gasteiger partial charge on any atom is 0.0561 e. The van der Waals surface area contributed by atoms with Crippen LogP contribution in [0.4, 0.5) is 17.1 Å². The van der Waals surface area contributed by atoms with Crippen LogP contribution in [0.15, 0.2) is 158 Å². The van der Waals surface area contributed by atoms with Crippen molar-refractivity contribution in [2.75, 3.05) is 4.90 Å². The zero-order valence-electron chi connectivity index (χ0n) is 23.3. The molecular weight excluding hydrogens is 541 g/mol. The molecule has 0 radical (unpaired) electrons. The van der Waals surface area contributed by atoms with Crippen LogP contribution in [0.1, 0.15) is 0 Å². The first-order valence-electron chi connectivity index (χ1n) is 14.6. The first-order valence-corrected chi connectivity index (χ1v) is 15.4. The van der Waals surface area contributed by atoms with Crippen molar-refractivity contribution in [2.45, 2.75) is 0 Å². The predicted molar refractivity (Wildman–Crippen MR) is 186 cm³/mol. The molecule has 9 rings (SSSR count). The second-order valence-electron chi connectivity index (χ2n) is 11.0. The minimum atomic E-state index is 1.13. The third-order valence-electron chi connectivity index (χ3n) is 8.56. The summed E-state index contributed by atoms with van der Waals surface area (Å²) in [5.74, 6) is 0. The molecule has 0 aliphatic carbocycles. The Bertz CT molecular complexity index is 2450. The van der Waals surface area contributed by atoms with Crippen molar-refractivity contribution in [1.29, 1.82) is 0 Å². The Kier molecular flexibility index (Phi) is 5.40. The maximum absolute atomic E-state index is 2.41. The van der Waals surface area contributed by atoms with E-state index in [9.17, 15) is 0 Å². The van der Waals surface area contributed by atoms with Gasteiger partial charge in [0.15, 0.2) is 0 Å². The van der Waals surface area contributed by atoms with Gasteiger partial charge in [0.05, 0.1) is 16.7 Å². The van der Waals surface area contributed by atoms with Crippen molar-refractivity contribution < 1.29 is 0 Å². The van der Waals surface area contributed by atoms with E-state index in [1.54, 1.807) is 0 Å². The summed E-state index contributed by atoms with van der Waals surface area (Å²) >= 11 is 1.89. The van der Waals surface area contributed by atoms with Crippen molar-refractivity contribution in [3.63, 3.8) is 0 Å². The summed E-state index contributed by atoms with van der Waals surface area (Å²) in [6.45, 7) is 0. The van der Waals surface area contributed by atoms with Crippen LogP contribution >= 0.6 is 11.3 Å². The zero-order chi connectivity index (χ0) is 28.3. The third-order valence-corrected chi connectivity index (χ3v) is 9.78. The quantitative estimate of drug-likeness (QED) is 0.206. The molecule has 0 fully saturated rings. The van der Waals surface area contributed by atoms with Crippen LogP contribution in [0.25, 0.3) is 58.4 Å². The lowest BCUT2D eigenvalue weighted by Gasteiger charge is -2.27. The number of hydrogen-bond acceptors (Lipinski definition) is 2. The number of para-hydroxylation sites is 3. The molecule has 2 nitrogen and oxygen atoms in total. The molecule has 0 bridgehead atoms. The lowest BCUT2D eigenvalue weighted by Crippen LogP contribution is -2.10. The van der Waals surface area contributed by atoms with E-state index >= 15 is 0 Å². The van der Waals surface area contributed by atoms with Gasteiger partial charge in [-0.3, -0.25) is 0 Å². The van der Waals surface area contributed by atoms with Crippen molar-refractivity contribution >= 4 is 81.1 Å². The normalized spacial score (nSPS) is 11.7. The summed E-state index contributed by atoms with van der Waals surface area (Å²) in [6.07, 6.45) is 0. The van der Waals surface area contributed by atoms with Gasteiger partial charge in [0.1, 0.15) is 0 Å². The summed E-state index contributed by atoms with van der Waals surface area (Å²) in [6, 6.07) is 57.1. The number of rotatable bonds is 4. The molecule has 0 unspecified atom stereocenters. The molecule has 0 saturated carbocycles. The van der Waals surface area contributed by atoms with Crippen molar-refractivity contribution in [3.05, 3.63) is 158 Å².